The second kappa shape index (κ2) is 9.21. The number of carboxylic acids is 1. The van der Waals surface area contributed by atoms with Gasteiger partial charge in [0.2, 0.25) is 0 Å². The summed E-state index contributed by atoms with van der Waals surface area (Å²) in [4.78, 5) is 46.4. The maximum atomic E-state index is 12.3. The Bertz CT molecular complexity index is 724. The fourth-order valence-corrected chi connectivity index (χ4v) is 3.52. The third-order valence-corrected chi connectivity index (χ3v) is 4.80. The molecule has 1 aliphatic rings. The summed E-state index contributed by atoms with van der Waals surface area (Å²) in [6.45, 7) is 1.76. The van der Waals surface area contributed by atoms with Crippen LogP contribution in [0.3, 0.4) is 0 Å². The van der Waals surface area contributed by atoms with E-state index in [0.717, 1.165) is 16.7 Å². The number of amides is 1. The quantitative estimate of drug-likeness (QED) is 0.435. The number of carbonyl (C=O) groups excluding carboxylic acids is 2. The molecular weight excluding hydrogens is 380 g/mol. The maximum Gasteiger partial charge on any atom is 0.410 e. The van der Waals surface area contributed by atoms with Crippen LogP contribution in [0.1, 0.15) is 18.9 Å². The topological polar surface area (TPSA) is 136 Å². The average Bonchev–Trinajstić information content (AvgIpc) is 3.04. The van der Waals surface area contributed by atoms with Crippen molar-refractivity contribution in [1.82, 2.24) is 4.90 Å². The van der Waals surface area contributed by atoms with Crippen molar-refractivity contribution in [2.75, 3.05) is 13.2 Å². The van der Waals surface area contributed by atoms with E-state index in [2.05, 4.69) is 0 Å². The van der Waals surface area contributed by atoms with Crippen LogP contribution in [-0.4, -0.2) is 56.7 Å². The SMILES string of the molecule is CCOC(=O)SC1C[C@@H](C(=O)O)N(C(=O)OCc2ccc([N+](=O)[O-])cc2)C1. The van der Waals surface area contributed by atoms with Crippen molar-refractivity contribution in [1.29, 1.82) is 0 Å². The standard InChI is InChI=1S/C16H18N2O8S/c1-2-25-16(22)27-12-7-13(14(19)20)17(8-12)15(21)26-9-10-3-5-11(6-4-10)18(23)24/h3-6,12-13H,2,7-9H2,1H3,(H,19,20)/t12?,13-/m0/s1. The molecule has 1 N–H and O–H groups in total. The van der Waals surface area contributed by atoms with E-state index >= 15 is 0 Å². The van der Waals surface area contributed by atoms with Gasteiger partial charge in [-0.1, -0.05) is 0 Å². The smallest absolute Gasteiger partial charge is 0.410 e. The number of hydrogen-bond acceptors (Lipinski definition) is 8. The lowest BCUT2D eigenvalue weighted by atomic mass is 10.2. The highest BCUT2D eigenvalue weighted by Gasteiger charge is 2.41. The third-order valence-electron chi connectivity index (χ3n) is 3.82. The van der Waals surface area contributed by atoms with Gasteiger partial charge in [0.1, 0.15) is 12.6 Å². The van der Waals surface area contributed by atoms with Gasteiger partial charge in [-0.2, -0.15) is 0 Å². The maximum absolute atomic E-state index is 12.3. The van der Waals surface area contributed by atoms with Crippen LogP contribution in [-0.2, 0) is 20.9 Å². The Balaban J connectivity index is 1.95. The molecule has 1 amide bonds. The lowest BCUT2D eigenvalue weighted by Gasteiger charge is -2.20. The number of likely N-dealkylation sites (tertiary alicyclic amines) is 1. The molecule has 2 rings (SSSR count). The van der Waals surface area contributed by atoms with Crippen LogP contribution < -0.4 is 0 Å². The molecule has 0 aromatic heterocycles. The summed E-state index contributed by atoms with van der Waals surface area (Å²) >= 11 is 0.855. The Hall–Kier alpha value is -2.82. The van der Waals surface area contributed by atoms with Crippen LogP contribution in [0.5, 0.6) is 0 Å². The molecule has 1 unspecified atom stereocenters. The van der Waals surface area contributed by atoms with Gasteiger partial charge in [0, 0.05) is 23.9 Å². The molecule has 0 aliphatic carbocycles. The fraction of sp³-hybridized carbons (Fsp3) is 0.438. The number of non-ortho nitro benzene ring substituents is 1. The minimum Gasteiger partial charge on any atom is -0.480 e. The van der Waals surface area contributed by atoms with Crippen LogP contribution in [0, 0.1) is 10.1 Å². The monoisotopic (exact) mass is 398 g/mol. The first kappa shape index (κ1) is 20.5. The molecule has 1 aromatic rings. The lowest BCUT2D eigenvalue weighted by molar-refractivity contribution is -0.384. The highest BCUT2D eigenvalue weighted by Crippen LogP contribution is 2.29. The number of rotatable bonds is 6. The van der Waals surface area contributed by atoms with Gasteiger partial charge in [0.15, 0.2) is 0 Å². The Kier molecular flexibility index (Phi) is 6.99. The van der Waals surface area contributed by atoms with E-state index in [1.54, 1.807) is 6.92 Å². The zero-order chi connectivity index (χ0) is 20.0. The third kappa shape index (κ3) is 5.58. The Morgan fingerprint density at radius 2 is 1.96 bits per heavy atom. The normalized spacial score (nSPS) is 18.8. The number of benzene rings is 1. The van der Waals surface area contributed by atoms with E-state index in [1.807, 2.05) is 0 Å². The van der Waals surface area contributed by atoms with Crippen molar-refractivity contribution in [3.8, 4) is 0 Å². The molecule has 1 fully saturated rings. The van der Waals surface area contributed by atoms with Crippen LogP contribution in [0.15, 0.2) is 24.3 Å². The number of nitrogens with zero attached hydrogens (tertiary/aromatic N) is 2. The fourth-order valence-electron chi connectivity index (χ4n) is 2.55. The van der Waals surface area contributed by atoms with E-state index in [-0.39, 0.29) is 31.9 Å². The number of nitro benzene ring substituents is 1. The number of hydrogen-bond donors (Lipinski definition) is 1. The van der Waals surface area contributed by atoms with Gasteiger partial charge in [0.25, 0.3) is 5.69 Å². The van der Waals surface area contributed by atoms with Crippen LogP contribution in [0.4, 0.5) is 15.3 Å². The number of aliphatic carboxylic acids is 1. The summed E-state index contributed by atoms with van der Waals surface area (Å²) in [6.07, 6.45) is -0.724. The first-order chi connectivity index (χ1) is 12.8. The Morgan fingerprint density at radius 3 is 2.52 bits per heavy atom. The predicted octanol–water partition coefficient (Wildman–Crippen LogP) is 2.65. The first-order valence-corrected chi connectivity index (χ1v) is 8.92. The molecule has 0 spiro atoms. The molecule has 1 heterocycles. The average molecular weight is 398 g/mol. The molecule has 0 bridgehead atoms. The molecule has 1 aromatic carbocycles. The molecule has 27 heavy (non-hydrogen) atoms. The molecule has 1 aliphatic heterocycles. The zero-order valence-electron chi connectivity index (χ0n) is 14.4. The molecule has 0 saturated carbocycles. The zero-order valence-corrected chi connectivity index (χ0v) is 15.2. The molecular formula is C16H18N2O8S. The van der Waals surface area contributed by atoms with Gasteiger partial charge in [-0.15, -0.1) is 0 Å². The van der Waals surface area contributed by atoms with Crippen molar-refractivity contribution >= 4 is 34.8 Å². The van der Waals surface area contributed by atoms with Gasteiger partial charge in [-0.05, 0) is 42.8 Å². The van der Waals surface area contributed by atoms with Crippen LogP contribution in [0.25, 0.3) is 0 Å². The first-order valence-electron chi connectivity index (χ1n) is 8.04. The molecule has 0 radical (unpaired) electrons. The lowest BCUT2D eigenvalue weighted by Crippen LogP contribution is -2.40. The van der Waals surface area contributed by atoms with Crippen LogP contribution in [0.2, 0.25) is 0 Å². The Labute approximate surface area is 158 Å². The molecule has 2 atom stereocenters. The number of nitro groups is 1. The summed E-state index contributed by atoms with van der Waals surface area (Å²) in [7, 11) is 0. The van der Waals surface area contributed by atoms with Crippen molar-refractivity contribution in [2.45, 2.75) is 31.2 Å². The number of ether oxygens (including phenoxy) is 2. The second-order valence-electron chi connectivity index (χ2n) is 5.64. The molecule has 10 nitrogen and oxygen atoms in total. The minimum absolute atomic E-state index is 0.0412. The van der Waals surface area contributed by atoms with Crippen molar-refractivity contribution in [3.05, 3.63) is 39.9 Å². The second-order valence-corrected chi connectivity index (χ2v) is 6.88. The number of carboxylic acid groups (broad SMARTS) is 1. The van der Waals surface area contributed by atoms with Crippen LogP contribution >= 0.6 is 11.8 Å². The van der Waals surface area contributed by atoms with Gasteiger partial charge in [-0.25, -0.2) is 14.4 Å². The molecule has 11 heteroatoms. The number of thioether (sulfide) groups is 1. The van der Waals surface area contributed by atoms with Gasteiger partial charge in [-0.3, -0.25) is 15.0 Å². The van der Waals surface area contributed by atoms with E-state index < -0.39 is 33.6 Å². The molecule has 146 valence electrons. The summed E-state index contributed by atoms with van der Waals surface area (Å²) in [5.74, 6) is -1.19. The minimum atomic E-state index is -1.19. The number of carbonyl (C=O) groups is 3. The summed E-state index contributed by atoms with van der Waals surface area (Å²) in [5.41, 5.74) is 0.437. The summed E-state index contributed by atoms with van der Waals surface area (Å²) in [6, 6.07) is 4.37. The van der Waals surface area contributed by atoms with E-state index in [0.29, 0.717) is 5.56 Å². The van der Waals surface area contributed by atoms with Gasteiger partial charge < -0.3 is 14.6 Å². The predicted molar refractivity (Wildman–Crippen MR) is 94.4 cm³/mol. The highest BCUT2D eigenvalue weighted by atomic mass is 32.2. The van der Waals surface area contributed by atoms with Crippen molar-refractivity contribution in [3.63, 3.8) is 0 Å². The highest BCUT2D eigenvalue weighted by molar-refractivity contribution is 8.13. The Morgan fingerprint density at radius 1 is 1.30 bits per heavy atom. The van der Waals surface area contributed by atoms with E-state index in [4.69, 9.17) is 9.47 Å². The molecule has 1 saturated heterocycles. The van der Waals surface area contributed by atoms with Gasteiger partial charge in [0.05, 0.1) is 11.5 Å². The van der Waals surface area contributed by atoms with Crippen molar-refractivity contribution in [2.24, 2.45) is 0 Å². The summed E-state index contributed by atoms with van der Waals surface area (Å²) in [5, 5.41) is 19.0. The van der Waals surface area contributed by atoms with E-state index in [1.165, 1.54) is 24.3 Å². The summed E-state index contributed by atoms with van der Waals surface area (Å²) < 4.78 is 9.94. The van der Waals surface area contributed by atoms with Crippen molar-refractivity contribution < 1.29 is 33.9 Å². The van der Waals surface area contributed by atoms with Gasteiger partial charge >= 0.3 is 17.4 Å². The van der Waals surface area contributed by atoms with E-state index in [9.17, 15) is 29.6 Å². The largest absolute Gasteiger partial charge is 0.480 e.